The van der Waals surface area contributed by atoms with Gasteiger partial charge in [0.25, 0.3) is 11.5 Å². The molecule has 0 saturated carbocycles. The van der Waals surface area contributed by atoms with E-state index in [0.717, 1.165) is 11.8 Å². The van der Waals surface area contributed by atoms with Crippen molar-refractivity contribution >= 4 is 38.4 Å². The van der Waals surface area contributed by atoms with Crippen LogP contribution >= 0.6 is 11.6 Å². The van der Waals surface area contributed by atoms with Crippen molar-refractivity contribution in [3.8, 4) is 11.1 Å². The van der Waals surface area contributed by atoms with E-state index in [2.05, 4.69) is 4.98 Å². The molecule has 0 aliphatic rings. The number of pyridine rings is 1. The summed E-state index contributed by atoms with van der Waals surface area (Å²) >= 11 is 6.23. The van der Waals surface area contributed by atoms with Crippen molar-refractivity contribution in [3.05, 3.63) is 93.5 Å². The molecule has 0 aliphatic heterocycles. The van der Waals surface area contributed by atoms with E-state index in [0.29, 0.717) is 21.5 Å². The Hall–Kier alpha value is -3.36. The molecule has 158 valence electrons. The van der Waals surface area contributed by atoms with Crippen molar-refractivity contribution < 1.29 is 13.2 Å². The Balaban J connectivity index is 2.09. The molecule has 9 heteroatoms. The molecule has 0 unspecified atom stereocenters. The average molecular weight is 456 g/mol. The van der Waals surface area contributed by atoms with Gasteiger partial charge in [-0.2, -0.15) is 0 Å². The van der Waals surface area contributed by atoms with Gasteiger partial charge in [-0.1, -0.05) is 41.9 Å². The van der Waals surface area contributed by atoms with E-state index in [1.54, 1.807) is 34.9 Å². The number of H-pyrrole nitrogens is 1. The van der Waals surface area contributed by atoms with Crippen LogP contribution in [0, 0.1) is 0 Å². The number of carbonyl (C=O) groups is 1. The Morgan fingerprint density at radius 2 is 1.84 bits per heavy atom. The monoisotopic (exact) mass is 455 g/mol. The van der Waals surface area contributed by atoms with Gasteiger partial charge in [-0.3, -0.25) is 9.59 Å². The van der Waals surface area contributed by atoms with E-state index < -0.39 is 21.5 Å². The summed E-state index contributed by atoms with van der Waals surface area (Å²) in [6, 6.07) is 17.7. The third-order valence-corrected chi connectivity index (χ3v) is 5.58. The van der Waals surface area contributed by atoms with Gasteiger partial charge < -0.3 is 9.55 Å². The van der Waals surface area contributed by atoms with Gasteiger partial charge >= 0.3 is 0 Å². The molecule has 0 aliphatic carbocycles. The van der Waals surface area contributed by atoms with E-state index in [1.165, 1.54) is 6.20 Å². The zero-order valence-electron chi connectivity index (χ0n) is 16.4. The number of hydrogen-bond acceptors (Lipinski definition) is 4. The number of nitrogens with zero attached hydrogens (tertiary/aromatic N) is 1. The molecule has 1 amide bonds. The first-order chi connectivity index (χ1) is 14.7. The van der Waals surface area contributed by atoms with E-state index in [4.69, 9.17) is 11.6 Å². The summed E-state index contributed by atoms with van der Waals surface area (Å²) in [5.74, 6) is -0.830. The van der Waals surface area contributed by atoms with Gasteiger partial charge in [0.2, 0.25) is 10.0 Å². The summed E-state index contributed by atoms with van der Waals surface area (Å²) < 4.78 is 27.4. The fourth-order valence-corrected chi connectivity index (χ4v) is 4.21. The summed E-state index contributed by atoms with van der Waals surface area (Å²) in [5, 5.41) is 0.992. The molecule has 0 fully saturated rings. The molecule has 0 atom stereocenters. The first-order valence-electron chi connectivity index (χ1n) is 9.30. The minimum atomic E-state index is -3.84. The van der Waals surface area contributed by atoms with E-state index in [9.17, 15) is 18.0 Å². The lowest BCUT2D eigenvalue weighted by molar-refractivity contribution is 0.0974. The van der Waals surface area contributed by atoms with Crippen LogP contribution in [0.2, 0.25) is 5.02 Å². The molecule has 31 heavy (non-hydrogen) atoms. The molecule has 2 N–H and O–H groups in total. The lowest BCUT2D eigenvalue weighted by atomic mass is 10.0. The van der Waals surface area contributed by atoms with Crippen molar-refractivity contribution in [1.82, 2.24) is 14.3 Å². The number of aromatic nitrogens is 2. The molecule has 0 saturated heterocycles. The minimum Gasteiger partial charge on any atom is -0.331 e. The Morgan fingerprint density at radius 3 is 2.52 bits per heavy atom. The minimum absolute atomic E-state index is 0.0586. The van der Waals surface area contributed by atoms with Crippen molar-refractivity contribution in [3.63, 3.8) is 0 Å². The second-order valence-corrected chi connectivity index (χ2v) is 9.26. The lowest BCUT2D eigenvalue weighted by Gasteiger charge is -2.12. The normalized spacial score (nSPS) is 11.5. The first-order valence-corrected chi connectivity index (χ1v) is 11.6. The number of aromatic amines is 1. The second kappa shape index (κ2) is 8.05. The van der Waals surface area contributed by atoms with Gasteiger partial charge in [0.1, 0.15) is 5.69 Å². The number of hydrogen-bond donors (Lipinski definition) is 2. The van der Waals surface area contributed by atoms with Crippen LogP contribution in [0.4, 0.5) is 0 Å². The predicted octanol–water partition coefficient (Wildman–Crippen LogP) is 3.39. The molecule has 0 bridgehead atoms. The summed E-state index contributed by atoms with van der Waals surface area (Å²) in [7, 11) is -3.84. The lowest BCUT2D eigenvalue weighted by Crippen LogP contribution is -2.31. The SMILES string of the molecule is CS(=O)(=O)NC(=O)c1c(-c2ccc[nH]c2=O)c2cc(Cl)ccc2n1Cc1ccccc1. The Morgan fingerprint density at radius 1 is 1.10 bits per heavy atom. The zero-order chi connectivity index (χ0) is 22.2. The maximum atomic E-state index is 13.2. The molecule has 4 aromatic rings. The number of nitrogens with one attached hydrogen (secondary N) is 2. The number of halogens is 1. The van der Waals surface area contributed by atoms with Crippen LogP contribution in [0.3, 0.4) is 0 Å². The van der Waals surface area contributed by atoms with Gasteiger partial charge in [0.05, 0.1) is 6.26 Å². The van der Waals surface area contributed by atoms with Gasteiger partial charge in [0, 0.05) is 39.8 Å². The Kier molecular flexibility index (Phi) is 5.43. The van der Waals surface area contributed by atoms with Crippen LogP contribution in [0.5, 0.6) is 0 Å². The van der Waals surface area contributed by atoms with Gasteiger partial charge in [-0.25, -0.2) is 13.1 Å². The average Bonchev–Trinajstić information content (AvgIpc) is 3.01. The molecule has 0 radical (unpaired) electrons. The third kappa shape index (κ3) is 4.26. The van der Waals surface area contributed by atoms with E-state index in [-0.39, 0.29) is 17.8 Å². The van der Waals surface area contributed by atoms with Gasteiger partial charge in [0.15, 0.2) is 0 Å². The van der Waals surface area contributed by atoms with Crippen LogP contribution in [-0.2, 0) is 16.6 Å². The molecular formula is C22H18ClN3O4S. The number of carbonyl (C=O) groups excluding carboxylic acids is 1. The highest BCUT2D eigenvalue weighted by atomic mass is 35.5. The number of fused-ring (bicyclic) bond motifs is 1. The first kappa shape index (κ1) is 20.9. The third-order valence-electron chi connectivity index (χ3n) is 4.79. The number of rotatable bonds is 5. The molecule has 2 aromatic carbocycles. The van der Waals surface area contributed by atoms with Crippen LogP contribution in [0.15, 0.2) is 71.7 Å². The van der Waals surface area contributed by atoms with E-state index in [1.807, 2.05) is 35.1 Å². The number of amides is 1. The molecule has 2 heterocycles. The summed E-state index contributed by atoms with van der Waals surface area (Å²) in [6.07, 6.45) is 2.39. The van der Waals surface area contributed by atoms with Crippen LogP contribution in [0.1, 0.15) is 16.1 Å². The Bertz CT molecular complexity index is 1460. The van der Waals surface area contributed by atoms with Gasteiger partial charge in [-0.15, -0.1) is 0 Å². The molecule has 2 aromatic heterocycles. The molecular weight excluding hydrogens is 438 g/mol. The van der Waals surface area contributed by atoms with Crippen LogP contribution in [0.25, 0.3) is 22.0 Å². The smallest absolute Gasteiger partial charge is 0.282 e. The standard InChI is InChI=1S/C22H18ClN3O4S/c1-31(29,30)25-22(28)20-19(16-8-5-11-24-21(16)27)17-12-15(23)9-10-18(17)26(20)13-14-6-3-2-4-7-14/h2-12H,13H2,1H3,(H,24,27)(H,25,28). The van der Waals surface area contributed by atoms with Crippen LogP contribution < -0.4 is 10.3 Å². The van der Waals surface area contributed by atoms with Crippen molar-refractivity contribution in [1.29, 1.82) is 0 Å². The van der Waals surface area contributed by atoms with Crippen molar-refractivity contribution in [2.75, 3.05) is 6.26 Å². The highest BCUT2D eigenvalue weighted by molar-refractivity contribution is 7.89. The van der Waals surface area contributed by atoms with Crippen molar-refractivity contribution in [2.45, 2.75) is 6.54 Å². The highest BCUT2D eigenvalue weighted by Gasteiger charge is 2.27. The molecule has 7 nitrogen and oxygen atoms in total. The fraction of sp³-hybridized carbons (Fsp3) is 0.0909. The Labute approximate surface area is 183 Å². The fourth-order valence-electron chi connectivity index (χ4n) is 3.60. The van der Waals surface area contributed by atoms with Gasteiger partial charge in [-0.05, 0) is 35.9 Å². The quantitative estimate of drug-likeness (QED) is 0.481. The molecule has 4 rings (SSSR count). The number of sulfonamides is 1. The summed E-state index contributed by atoms with van der Waals surface area (Å²) in [5.41, 5.74) is 1.75. The highest BCUT2D eigenvalue weighted by Crippen LogP contribution is 2.35. The summed E-state index contributed by atoms with van der Waals surface area (Å²) in [4.78, 5) is 28.4. The van der Waals surface area contributed by atoms with Crippen LogP contribution in [-0.4, -0.2) is 30.1 Å². The second-order valence-electron chi connectivity index (χ2n) is 7.07. The maximum Gasteiger partial charge on any atom is 0.282 e. The van der Waals surface area contributed by atoms with Crippen molar-refractivity contribution in [2.24, 2.45) is 0 Å². The topological polar surface area (TPSA) is 101 Å². The number of benzene rings is 2. The van der Waals surface area contributed by atoms with E-state index >= 15 is 0 Å². The zero-order valence-corrected chi connectivity index (χ0v) is 18.0. The summed E-state index contributed by atoms with van der Waals surface area (Å²) in [6.45, 7) is 0.288. The largest absolute Gasteiger partial charge is 0.331 e. The maximum absolute atomic E-state index is 13.2. The predicted molar refractivity (Wildman–Crippen MR) is 121 cm³/mol. The molecule has 0 spiro atoms.